The lowest BCUT2D eigenvalue weighted by atomic mass is 9.93. The van der Waals surface area contributed by atoms with Crippen LogP contribution in [0.2, 0.25) is 0 Å². The zero-order valence-electron chi connectivity index (χ0n) is 42.0. The number of rotatable bonds is 6. The standard InChI is InChI=1S/C69H39F6N5/c70-68(71,72)44-34-43(35-45(37-44)69(73,74)75)42-26-29-54(67(36-42)80-63-24-12-6-18-53(63)57-39-47(28-32-66(57)80)78-60-21-9-3-15-50(60)51-16-4-10-22-61(51)78)55-33-41(40-76)25-30-64(55)79-62-23-11-5-17-52(62)56-38-46(27-31-65(56)79)77-58-19-7-1-13-48(58)49-14-2-8-20-59(49)77/h1-39H. The number of hydrogen-bond acceptors (Lipinski definition) is 1. The summed E-state index contributed by atoms with van der Waals surface area (Å²) in [5.74, 6) is 0. The molecule has 11 heteroatoms. The summed E-state index contributed by atoms with van der Waals surface area (Å²) in [6.07, 6.45) is -10.1. The first kappa shape index (κ1) is 46.9. The van der Waals surface area contributed by atoms with Crippen LogP contribution in [0.5, 0.6) is 0 Å². The molecule has 15 rings (SSSR count). The van der Waals surface area contributed by atoms with Crippen molar-refractivity contribution in [2.75, 3.05) is 0 Å². The van der Waals surface area contributed by atoms with Gasteiger partial charge in [0.2, 0.25) is 0 Å². The molecule has 4 heterocycles. The quantitative estimate of drug-likeness (QED) is 0.153. The van der Waals surface area contributed by atoms with Gasteiger partial charge in [-0.2, -0.15) is 31.6 Å². The average molecular weight is 1050 g/mol. The molecule has 4 aromatic heterocycles. The largest absolute Gasteiger partial charge is 0.416 e. The van der Waals surface area contributed by atoms with Crippen LogP contribution in [0.4, 0.5) is 26.3 Å². The number of hydrogen-bond donors (Lipinski definition) is 0. The van der Waals surface area contributed by atoms with Gasteiger partial charge in [0, 0.05) is 65.6 Å². The van der Waals surface area contributed by atoms with Crippen LogP contribution < -0.4 is 0 Å². The zero-order valence-corrected chi connectivity index (χ0v) is 42.0. The Labute approximate surface area is 451 Å². The Morgan fingerprint density at radius 1 is 0.287 bits per heavy atom. The molecule has 382 valence electrons. The first-order chi connectivity index (χ1) is 38.9. The van der Waals surface area contributed by atoms with Crippen LogP contribution in [0.15, 0.2) is 237 Å². The summed E-state index contributed by atoms with van der Waals surface area (Å²) >= 11 is 0. The van der Waals surface area contributed by atoms with Crippen molar-refractivity contribution in [3.05, 3.63) is 253 Å². The van der Waals surface area contributed by atoms with E-state index in [1.807, 2.05) is 108 Å². The number of fused-ring (bicyclic) bond motifs is 12. The molecule has 80 heavy (non-hydrogen) atoms. The minimum Gasteiger partial charge on any atom is -0.309 e. The fraction of sp³-hybridized carbons (Fsp3) is 0.0290. The molecule has 0 spiro atoms. The van der Waals surface area contributed by atoms with E-state index >= 15 is 0 Å². The minimum absolute atomic E-state index is 0.126. The first-order valence-corrected chi connectivity index (χ1v) is 25.9. The van der Waals surface area contributed by atoms with E-state index in [0.29, 0.717) is 28.1 Å². The minimum atomic E-state index is -5.07. The second kappa shape index (κ2) is 17.3. The molecule has 15 aromatic rings. The van der Waals surface area contributed by atoms with E-state index in [2.05, 4.69) is 105 Å². The Morgan fingerprint density at radius 2 is 0.662 bits per heavy atom. The van der Waals surface area contributed by atoms with Gasteiger partial charge in [0.05, 0.1) is 78.3 Å². The van der Waals surface area contributed by atoms with Gasteiger partial charge in [-0.05, 0) is 126 Å². The maximum atomic E-state index is 14.6. The number of alkyl halides is 6. The lowest BCUT2D eigenvalue weighted by molar-refractivity contribution is -0.143. The molecule has 0 aliphatic heterocycles. The van der Waals surface area contributed by atoms with Gasteiger partial charge in [-0.15, -0.1) is 0 Å². The summed E-state index contributed by atoms with van der Waals surface area (Å²) in [5, 5.41) is 18.8. The van der Waals surface area contributed by atoms with Crippen LogP contribution in [-0.2, 0) is 12.4 Å². The van der Waals surface area contributed by atoms with Crippen LogP contribution in [0.25, 0.3) is 132 Å². The number of para-hydroxylation sites is 6. The number of nitrogens with zero attached hydrogens (tertiary/aromatic N) is 5. The summed E-state index contributed by atoms with van der Waals surface area (Å²) in [7, 11) is 0. The molecule has 0 atom stereocenters. The molecule has 0 radical (unpaired) electrons. The summed E-state index contributed by atoms with van der Waals surface area (Å²) in [6.45, 7) is 0. The van der Waals surface area contributed by atoms with Crippen molar-refractivity contribution in [1.82, 2.24) is 18.3 Å². The van der Waals surface area contributed by atoms with Crippen molar-refractivity contribution in [1.29, 1.82) is 5.26 Å². The number of benzene rings is 11. The molecule has 0 N–H and O–H groups in total. The Hall–Kier alpha value is -10.3. The predicted octanol–water partition coefficient (Wildman–Crippen LogP) is 19.3. The molecule has 11 aromatic carbocycles. The van der Waals surface area contributed by atoms with E-state index in [9.17, 15) is 31.6 Å². The molecular weight excluding hydrogens is 1010 g/mol. The Kier molecular flexibility index (Phi) is 10.2. The van der Waals surface area contributed by atoms with Gasteiger partial charge in [0.15, 0.2) is 0 Å². The van der Waals surface area contributed by atoms with Gasteiger partial charge in [-0.1, -0.05) is 121 Å². The third kappa shape index (κ3) is 7.12. The van der Waals surface area contributed by atoms with E-state index in [0.717, 1.165) is 111 Å². The first-order valence-electron chi connectivity index (χ1n) is 25.9. The Balaban J connectivity index is 1.01. The van der Waals surface area contributed by atoms with Gasteiger partial charge in [0.25, 0.3) is 0 Å². The molecule has 0 fully saturated rings. The van der Waals surface area contributed by atoms with Crippen molar-refractivity contribution >= 4 is 87.2 Å². The van der Waals surface area contributed by atoms with Crippen LogP contribution in [0.3, 0.4) is 0 Å². The highest BCUT2D eigenvalue weighted by molar-refractivity contribution is 6.15. The molecule has 0 amide bonds. The second-order valence-electron chi connectivity index (χ2n) is 20.2. The Bertz CT molecular complexity index is 5000. The van der Waals surface area contributed by atoms with Crippen molar-refractivity contribution in [2.45, 2.75) is 12.4 Å². The molecule has 0 unspecified atom stereocenters. The molecule has 0 bridgehead atoms. The molecule has 0 saturated heterocycles. The van der Waals surface area contributed by atoms with Gasteiger partial charge in [-0.25, -0.2) is 0 Å². The highest BCUT2D eigenvalue weighted by atomic mass is 19.4. The highest BCUT2D eigenvalue weighted by Crippen LogP contribution is 2.46. The van der Waals surface area contributed by atoms with Gasteiger partial charge in [0.1, 0.15) is 0 Å². The maximum absolute atomic E-state index is 14.6. The summed E-state index contributed by atoms with van der Waals surface area (Å²) < 4.78 is 96.2. The van der Waals surface area contributed by atoms with Crippen molar-refractivity contribution in [2.24, 2.45) is 0 Å². The molecule has 0 aliphatic carbocycles. The van der Waals surface area contributed by atoms with E-state index in [1.54, 1.807) is 30.3 Å². The van der Waals surface area contributed by atoms with Crippen LogP contribution in [0.1, 0.15) is 16.7 Å². The molecular formula is C69H39F6N5. The fourth-order valence-electron chi connectivity index (χ4n) is 12.4. The third-order valence-corrected chi connectivity index (χ3v) is 15.8. The van der Waals surface area contributed by atoms with Crippen molar-refractivity contribution < 1.29 is 26.3 Å². The van der Waals surface area contributed by atoms with E-state index in [-0.39, 0.29) is 17.2 Å². The van der Waals surface area contributed by atoms with Gasteiger partial charge >= 0.3 is 12.4 Å². The van der Waals surface area contributed by atoms with Crippen LogP contribution >= 0.6 is 0 Å². The third-order valence-electron chi connectivity index (χ3n) is 15.8. The second-order valence-corrected chi connectivity index (χ2v) is 20.2. The molecule has 0 aliphatic rings. The van der Waals surface area contributed by atoms with E-state index < -0.39 is 23.5 Å². The van der Waals surface area contributed by atoms with Crippen molar-refractivity contribution in [3.63, 3.8) is 0 Å². The molecule has 0 saturated carbocycles. The maximum Gasteiger partial charge on any atom is 0.416 e. The summed E-state index contributed by atoms with van der Waals surface area (Å²) in [5.41, 5.74) is 8.97. The van der Waals surface area contributed by atoms with Crippen molar-refractivity contribution in [3.8, 4) is 51.1 Å². The van der Waals surface area contributed by atoms with Crippen LogP contribution in [-0.4, -0.2) is 18.3 Å². The lowest BCUT2D eigenvalue weighted by Crippen LogP contribution is -2.11. The summed E-state index contributed by atoms with van der Waals surface area (Å²) in [6, 6.07) is 76.2. The Morgan fingerprint density at radius 3 is 1.07 bits per heavy atom. The number of nitriles is 1. The topological polar surface area (TPSA) is 43.5 Å². The van der Waals surface area contributed by atoms with Gasteiger partial charge in [-0.3, -0.25) is 0 Å². The van der Waals surface area contributed by atoms with Crippen LogP contribution in [0, 0.1) is 11.3 Å². The van der Waals surface area contributed by atoms with E-state index in [1.165, 1.54) is 0 Å². The highest BCUT2D eigenvalue weighted by Gasteiger charge is 2.37. The summed E-state index contributed by atoms with van der Waals surface area (Å²) in [4.78, 5) is 0. The monoisotopic (exact) mass is 1050 g/mol. The van der Waals surface area contributed by atoms with E-state index in [4.69, 9.17) is 0 Å². The predicted molar refractivity (Wildman–Crippen MR) is 309 cm³/mol. The SMILES string of the molecule is N#Cc1ccc(-n2c3ccccc3c3cc(-n4c5ccccc5c5ccccc54)ccc32)c(-c2ccc(-c3cc(C(F)(F)F)cc(C(F)(F)F)c3)cc2-n2c3ccccc3c3cc(-n4c5ccccc5c5ccccc54)ccc32)c1. The normalized spacial score (nSPS) is 12.4. The lowest BCUT2D eigenvalue weighted by Gasteiger charge is -2.21. The fourth-order valence-corrected chi connectivity index (χ4v) is 12.4. The smallest absolute Gasteiger partial charge is 0.309 e. The zero-order chi connectivity index (χ0) is 54.2. The average Bonchev–Trinajstić information content (AvgIpc) is 4.31. The van der Waals surface area contributed by atoms with Gasteiger partial charge < -0.3 is 18.3 Å². The number of halogens is 6. The number of aromatic nitrogens is 4. The molecule has 5 nitrogen and oxygen atoms in total.